The van der Waals surface area contributed by atoms with Crippen molar-refractivity contribution in [1.82, 2.24) is 4.98 Å². The second kappa shape index (κ2) is 5.24. The monoisotopic (exact) mass is 286 g/mol. The zero-order valence-electron chi connectivity index (χ0n) is 11.9. The number of esters is 1. The van der Waals surface area contributed by atoms with Crippen molar-refractivity contribution < 1.29 is 14.3 Å². The van der Waals surface area contributed by atoms with Crippen LogP contribution < -0.4 is 5.73 Å². The van der Waals surface area contributed by atoms with Gasteiger partial charge in [-0.15, -0.1) is 0 Å². The molecule has 5 heteroatoms. The first kappa shape index (κ1) is 13.7. The van der Waals surface area contributed by atoms with Gasteiger partial charge in [-0.05, 0) is 37.3 Å². The van der Waals surface area contributed by atoms with Crippen LogP contribution in [0.4, 0.5) is 0 Å². The third kappa shape index (κ3) is 2.77. The zero-order chi connectivity index (χ0) is 15.0. The molecular weight excluding hydrogens is 268 g/mol. The molecule has 0 spiro atoms. The topological polar surface area (TPSA) is 85.2 Å². The maximum absolute atomic E-state index is 12.2. The summed E-state index contributed by atoms with van der Waals surface area (Å²) in [5, 5.41) is 0.827. The Morgan fingerprint density at radius 2 is 2.19 bits per heavy atom. The highest BCUT2D eigenvalue weighted by atomic mass is 16.5. The molecule has 1 fully saturated rings. The number of ether oxygens (including phenoxy) is 1. The van der Waals surface area contributed by atoms with Crippen LogP contribution in [-0.2, 0) is 14.3 Å². The van der Waals surface area contributed by atoms with Crippen LogP contribution in [0.5, 0.6) is 0 Å². The molecule has 1 aliphatic rings. The molecule has 1 heterocycles. The number of hydrogen-bond acceptors (Lipinski definition) is 3. The summed E-state index contributed by atoms with van der Waals surface area (Å²) in [6.07, 6.45) is 3.83. The second-order valence-electron chi connectivity index (χ2n) is 5.70. The Morgan fingerprint density at radius 1 is 1.43 bits per heavy atom. The van der Waals surface area contributed by atoms with Gasteiger partial charge in [0.05, 0.1) is 6.61 Å². The second-order valence-corrected chi connectivity index (χ2v) is 5.70. The molecule has 1 amide bonds. The Hall–Kier alpha value is -2.30. The number of carbonyl (C=O) groups is 2. The summed E-state index contributed by atoms with van der Waals surface area (Å²) in [7, 11) is 0. The molecule has 0 saturated heterocycles. The molecule has 0 aliphatic heterocycles. The van der Waals surface area contributed by atoms with Crippen LogP contribution in [0.1, 0.15) is 29.9 Å². The highest BCUT2D eigenvalue weighted by molar-refractivity contribution is 6.06. The Morgan fingerprint density at radius 3 is 2.86 bits per heavy atom. The van der Waals surface area contributed by atoms with E-state index in [1.165, 1.54) is 0 Å². The number of nitrogens with two attached hydrogens (primary N) is 1. The van der Waals surface area contributed by atoms with Crippen molar-refractivity contribution in [3.05, 3.63) is 35.5 Å². The van der Waals surface area contributed by atoms with E-state index in [1.807, 2.05) is 25.1 Å². The lowest BCUT2D eigenvalue weighted by atomic mass is 9.97. The largest absolute Gasteiger partial charge is 0.465 e. The van der Waals surface area contributed by atoms with Crippen LogP contribution in [-0.4, -0.2) is 23.5 Å². The number of H-pyrrole nitrogens is 1. The van der Waals surface area contributed by atoms with Gasteiger partial charge in [-0.25, -0.2) is 0 Å². The van der Waals surface area contributed by atoms with Crippen molar-refractivity contribution in [1.29, 1.82) is 0 Å². The molecule has 2 aromatic rings. The quantitative estimate of drug-likeness (QED) is 0.651. The first-order valence-corrected chi connectivity index (χ1v) is 7.10. The number of rotatable bonds is 5. The van der Waals surface area contributed by atoms with Gasteiger partial charge in [0, 0.05) is 22.7 Å². The molecule has 1 aromatic heterocycles. The molecule has 0 radical (unpaired) electrons. The Bertz CT molecular complexity index is 701. The van der Waals surface area contributed by atoms with E-state index in [0.29, 0.717) is 18.1 Å². The van der Waals surface area contributed by atoms with Crippen LogP contribution in [0.25, 0.3) is 10.9 Å². The van der Waals surface area contributed by atoms with Crippen molar-refractivity contribution >= 4 is 22.8 Å². The lowest BCUT2D eigenvalue weighted by molar-refractivity contribution is -0.148. The van der Waals surface area contributed by atoms with Gasteiger partial charge in [-0.2, -0.15) is 0 Å². The number of benzene rings is 1. The van der Waals surface area contributed by atoms with Crippen molar-refractivity contribution in [3.8, 4) is 0 Å². The molecule has 1 atom stereocenters. The first-order chi connectivity index (χ1) is 10.1. The Balaban J connectivity index is 1.91. The van der Waals surface area contributed by atoms with Gasteiger partial charge >= 0.3 is 5.97 Å². The molecular formula is C16H18N2O3. The maximum Gasteiger partial charge on any atom is 0.323 e. The summed E-state index contributed by atoms with van der Waals surface area (Å²) < 4.78 is 5.23. The summed E-state index contributed by atoms with van der Waals surface area (Å²) >= 11 is 0. The number of amides is 1. The molecule has 110 valence electrons. The van der Waals surface area contributed by atoms with E-state index in [1.54, 1.807) is 6.20 Å². The number of fused-ring (bicyclic) bond motifs is 1. The van der Waals surface area contributed by atoms with E-state index < -0.39 is 17.8 Å². The molecule has 3 N–H and O–H groups in total. The van der Waals surface area contributed by atoms with Gasteiger partial charge in [-0.3, -0.25) is 9.59 Å². The van der Waals surface area contributed by atoms with Gasteiger partial charge in [0.1, 0.15) is 0 Å². The lowest BCUT2D eigenvalue weighted by Gasteiger charge is -2.12. The zero-order valence-corrected chi connectivity index (χ0v) is 11.9. The molecule has 1 aliphatic carbocycles. The van der Waals surface area contributed by atoms with Gasteiger partial charge in [0.2, 0.25) is 5.91 Å². The summed E-state index contributed by atoms with van der Waals surface area (Å²) in [6, 6.07) is 5.79. The van der Waals surface area contributed by atoms with Gasteiger partial charge in [0.25, 0.3) is 0 Å². The number of hydrogen-bond donors (Lipinski definition) is 2. The third-order valence-electron chi connectivity index (χ3n) is 3.86. The predicted octanol–water partition coefficient (Wildman–Crippen LogP) is 2.00. The van der Waals surface area contributed by atoms with E-state index in [4.69, 9.17) is 10.5 Å². The summed E-state index contributed by atoms with van der Waals surface area (Å²) in [6.45, 7) is 2.36. The molecule has 21 heavy (non-hydrogen) atoms. The van der Waals surface area contributed by atoms with E-state index >= 15 is 0 Å². The van der Waals surface area contributed by atoms with Crippen LogP contribution >= 0.6 is 0 Å². The van der Waals surface area contributed by atoms with Crippen molar-refractivity contribution in [2.45, 2.75) is 25.7 Å². The molecule has 1 aromatic carbocycles. The van der Waals surface area contributed by atoms with Gasteiger partial charge in [0.15, 0.2) is 5.92 Å². The number of carbonyl (C=O) groups excluding carboxylic acids is 2. The highest BCUT2D eigenvalue weighted by Gasteiger charge is 2.32. The summed E-state index contributed by atoms with van der Waals surface area (Å²) in [5.74, 6) is -1.85. The average molecular weight is 286 g/mol. The minimum atomic E-state index is -1.06. The normalized spacial score (nSPS) is 15.9. The smallest absolute Gasteiger partial charge is 0.323 e. The maximum atomic E-state index is 12.2. The first-order valence-electron chi connectivity index (χ1n) is 7.10. The fourth-order valence-corrected chi connectivity index (χ4v) is 2.47. The van der Waals surface area contributed by atoms with Crippen LogP contribution in [0, 0.1) is 12.8 Å². The van der Waals surface area contributed by atoms with Gasteiger partial charge in [-0.1, -0.05) is 12.1 Å². The fourth-order valence-electron chi connectivity index (χ4n) is 2.47. The third-order valence-corrected chi connectivity index (χ3v) is 3.86. The van der Waals surface area contributed by atoms with E-state index in [2.05, 4.69) is 4.98 Å². The standard InChI is InChI=1S/C16H18N2O3/c1-9-2-5-11-12(7-18-13(11)6-9)14(15(17)19)16(20)21-8-10-3-4-10/h2,5-7,10,14,18H,3-4,8H2,1H3,(H2,17,19). The average Bonchev–Trinajstić information content (AvgIpc) is 3.18. The van der Waals surface area contributed by atoms with Crippen LogP contribution in [0.3, 0.4) is 0 Å². The summed E-state index contributed by atoms with van der Waals surface area (Å²) in [5.41, 5.74) is 7.98. The van der Waals surface area contributed by atoms with Crippen LogP contribution in [0.15, 0.2) is 24.4 Å². The highest BCUT2D eigenvalue weighted by Crippen LogP contribution is 2.31. The van der Waals surface area contributed by atoms with E-state index in [0.717, 1.165) is 29.3 Å². The Kier molecular flexibility index (Phi) is 3.41. The number of primary amides is 1. The Labute approximate surface area is 122 Å². The number of aromatic amines is 1. The minimum absolute atomic E-state index is 0.379. The molecule has 5 nitrogen and oxygen atoms in total. The number of nitrogens with one attached hydrogen (secondary N) is 1. The number of aromatic nitrogens is 1. The molecule has 0 bridgehead atoms. The van der Waals surface area contributed by atoms with Crippen LogP contribution in [0.2, 0.25) is 0 Å². The predicted molar refractivity (Wildman–Crippen MR) is 78.7 cm³/mol. The lowest BCUT2D eigenvalue weighted by Crippen LogP contribution is -2.30. The van der Waals surface area contributed by atoms with Crippen molar-refractivity contribution in [2.24, 2.45) is 11.7 Å². The van der Waals surface area contributed by atoms with Crippen molar-refractivity contribution in [2.75, 3.05) is 6.61 Å². The summed E-state index contributed by atoms with van der Waals surface area (Å²) in [4.78, 5) is 27.0. The molecule has 1 unspecified atom stereocenters. The van der Waals surface area contributed by atoms with E-state index in [-0.39, 0.29) is 0 Å². The minimum Gasteiger partial charge on any atom is -0.465 e. The van der Waals surface area contributed by atoms with Gasteiger partial charge < -0.3 is 15.5 Å². The molecule has 3 rings (SSSR count). The SMILES string of the molecule is Cc1ccc2c(C(C(N)=O)C(=O)OCC3CC3)c[nH]c2c1. The van der Waals surface area contributed by atoms with Crippen molar-refractivity contribution in [3.63, 3.8) is 0 Å². The van der Waals surface area contributed by atoms with E-state index in [9.17, 15) is 9.59 Å². The fraction of sp³-hybridized carbons (Fsp3) is 0.375. The number of aryl methyl sites for hydroxylation is 1. The molecule has 1 saturated carbocycles.